The van der Waals surface area contributed by atoms with Crippen LogP contribution in [0.2, 0.25) is 0 Å². The summed E-state index contributed by atoms with van der Waals surface area (Å²) in [7, 11) is 0. The van der Waals surface area contributed by atoms with Crippen LogP contribution >= 0.6 is 0 Å². The fraction of sp³-hybridized carbons (Fsp3) is 0.368. The summed E-state index contributed by atoms with van der Waals surface area (Å²) in [6.45, 7) is 3.43. The molecule has 1 aromatic carbocycles. The highest BCUT2D eigenvalue weighted by Crippen LogP contribution is 2.17. The van der Waals surface area contributed by atoms with Gasteiger partial charge in [-0.05, 0) is 49.1 Å². The Balaban J connectivity index is 1.46. The van der Waals surface area contributed by atoms with Gasteiger partial charge < -0.3 is 10.2 Å². The normalized spacial score (nSPS) is 17.1. The maximum absolute atomic E-state index is 13.3. The molecule has 1 unspecified atom stereocenters. The first-order chi connectivity index (χ1) is 11.6. The number of amides is 1. The Labute approximate surface area is 141 Å². The number of hydrogen-bond acceptors (Lipinski definition) is 3. The lowest BCUT2D eigenvalue weighted by Gasteiger charge is -2.17. The summed E-state index contributed by atoms with van der Waals surface area (Å²) < 4.78 is 13.3. The molecule has 4 nitrogen and oxygen atoms in total. The number of nitrogens with zero attached hydrogens (tertiary/aromatic N) is 2. The molecule has 1 aromatic heterocycles. The summed E-state index contributed by atoms with van der Waals surface area (Å²) in [4.78, 5) is 18.7. The average molecular weight is 327 g/mol. The van der Waals surface area contributed by atoms with Gasteiger partial charge in [-0.2, -0.15) is 0 Å². The number of halogens is 1. The van der Waals surface area contributed by atoms with Crippen molar-refractivity contribution in [2.75, 3.05) is 18.0 Å². The number of anilines is 1. The second-order valence-corrected chi connectivity index (χ2v) is 6.27. The van der Waals surface area contributed by atoms with Gasteiger partial charge in [0.15, 0.2) is 0 Å². The van der Waals surface area contributed by atoms with Crippen LogP contribution in [0, 0.1) is 12.7 Å². The highest BCUT2D eigenvalue weighted by atomic mass is 19.1. The number of aromatic nitrogens is 1. The monoisotopic (exact) mass is 327 g/mol. The first kappa shape index (κ1) is 16.4. The standard InChI is InChI=1S/C19H22FN3O/c1-14-12-15(5-7-17(14)20)6-8-19(24)22-16-9-11-23(13-16)18-4-2-3-10-21-18/h2-5,7,10,12,16H,6,8-9,11,13H2,1H3,(H,22,24). The van der Waals surface area contributed by atoms with E-state index in [1.165, 1.54) is 6.07 Å². The van der Waals surface area contributed by atoms with Crippen LogP contribution in [-0.4, -0.2) is 30.0 Å². The Bertz CT molecular complexity index is 705. The van der Waals surface area contributed by atoms with Crippen LogP contribution in [0.1, 0.15) is 24.0 Å². The zero-order chi connectivity index (χ0) is 16.9. The molecule has 1 atom stereocenters. The Morgan fingerprint density at radius 1 is 1.38 bits per heavy atom. The van der Waals surface area contributed by atoms with Gasteiger partial charge in [-0.1, -0.05) is 18.2 Å². The van der Waals surface area contributed by atoms with E-state index in [-0.39, 0.29) is 17.8 Å². The molecule has 24 heavy (non-hydrogen) atoms. The summed E-state index contributed by atoms with van der Waals surface area (Å²) >= 11 is 0. The van der Waals surface area contributed by atoms with Gasteiger partial charge in [0, 0.05) is 31.7 Å². The first-order valence-electron chi connectivity index (χ1n) is 8.32. The third kappa shape index (κ3) is 4.10. The SMILES string of the molecule is Cc1cc(CCC(=O)NC2CCN(c3ccccn3)C2)ccc1F. The molecular formula is C19H22FN3O. The summed E-state index contributed by atoms with van der Waals surface area (Å²) in [6.07, 6.45) is 3.76. The second kappa shape index (κ2) is 7.43. The van der Waals surface area contributed by atoms with Gasteiger partial charge in [-0.3, -0.25) is 4.79 Å². The summed E-state index contributed by atoms with van der Waals surface area (Å²) in [5.74, 6) is 0.796. The van der Waals surface area contributed by atoms with Crippen molar-refractivity contribution in [2.24, 2.45) is 0 Å². The van der Waals surface area contributed by atoms with Crippen molar-refractivity contribution < 1.29 is 9.18 Å². The summed E-state index contributed by atoms with van der Waals surface area (Å²) in [6, 6.07) is 11.0. The lowest BCUT2D eigenvalue weighted by Crippen LogP contribution is -2.37. The van der Waals surface area contributed by atoms with Crippen LogP contribution in [0.25, 0.3) is 0 Å². The van der Waals surface area contributed by atoms with Gasteiger partial charge >= 0.3 is 0 Å². The number of pyridine rings is 1. The van der Waals surface area contributed by atoms with E-state index in [1.807, 2.05) is 18.2 Å². The molecule has 0 bridgehead atoms. The van der Waals surface area contributed by atoms with Gasteiger partial charge in [-0.15, -0.1) is 0 Å². The van der Waals surface area contributed by atoms with Crippen LogP contribution in [0.4, 0.5) is 10.2 Å². The molecular weight excluding hydrogens is 305 g/mol. The topological polar surface area (TPSA) is 45.2 Å². The predicted molar refractivity (Wildman–Crippen MR) is 92.5 cm³/mol. The Morgan fingerprint density at radius 3 is 3.00 bits per heavy atom. The van der Waals surface area contributed by atoms with Crippen molar-refractivity contribution in [3.8, 4) is 0 Å². The van der Waals surface area contributed by atoms with Gasteiger partial charge in [0.2, 0.25) is 5.91 Å². The highest BCUT2D eigenvalue weighted by molar-refractivity contribution is 5.76. The van der Waals surface area contributed by atoms with E-state index in [2.05, 4.69) is 15.2 Å². The fourth-order valence-corrected chi connectivity index (χ4v) is 3.05. The lowest BCUT2D eigenvalue weighted by molar-refractivity contribution is -0.121. The highest BCUT2D eigenvalue weighted by Gasteiger charge is 2.24. The zero-order valence-corrected chi connectivity index (χ0v) is 13.8. The van der Waals surface area contributed by atoms with Crippen molar-refractivity contribution in [3.05, 3.63) is 59.5 Å². The van der Waals surface area contributed by atoms with E-state index < -0.39 is 0 Å². The predicted octanol–water partition coefficient (Wildman–Crippen LogP) is 2.86. The fourth-order valence-electron chi connectivity index (χ4n) is 3.05. The van der Waals surface area contributed by atoms with Crippen molar-refractivity contribution in [2.45, 2.75) is 32.2 Å². The number of aryl methyl sites for hydroxylation is 2. The van der Waals surface area contributed by atoms with Gasteiger partial charge in [-0.25, -0.2) is 9.37 Å². The van der Waals surface area contributed by atoms with Crippen molar-refractivity contribution in [1.29, 1.82) is 0 Å². The van der Waals surface area contributed by atoms with Gasteiger partial charge in [0.05, 0.1) is 0 Å². The molecule has 126 valence electrons. The average Bonchev–Trinajstić information content (AvgIpc) is 3.05. The maximum Gasteiger partial charge on any atom is 0.220 e. The van der Waals surface area contributed by atoms with E-state index in [0.29, 0.717) is 18.4 Å². The second-order valence-electron chi connectivity index (χ2n) is 6.27. The minimum atomic E-state index is -0.205. The largest absolute Gasteiger partial charge is 0.354 e. The summed E-state index contributed by atoms with van der Waals surface area (Å²) in [5, 5.41) is 3.09. The molecule has 2 aromatic rings. The van der Waals surface area contributed by atoms with Crippen LogP contribution < -0.4 is 10.2 Å². The Hall–Kier alpha value is -2.43. The Morgan fingerprint density at radius 2 is 2.25 bits per heavy atom. The molecule has 5 heteroatoms. The minimum absolute atomic E-state index is 0.0462. The molecule has 3 rings (SSSR count). The van der Waals surface area contributed by atoms with E-state index in [9.17, 15) is 9.18 Å². The van der Waals surface area contributed by atoms with Crippen molar-refractivity contribution in [3.63, 3.8) is 0 Å². The number of carbonyl (C=O) groups excluding carboxylic acids is 1. The molecule has 1 saturated heterocycles. The van der Waals surface area contributed by atoms with Crippen molar-refractivity contribution >= 4 is 11.7 Å². The Kier molecular flexibility index (Phi) is 5.08. The number of carbonyl (C=O) groups is 1. The van der Waals surface area contributed by atoms with Gasteiger partial charge in [0.1, 0.15) is 11.6 Å². The van der Waals surface area contributed by atoms with Crippen LogP contribution in [0.3, 0.4) is 0 Å². The molecule has 2 heterocycles. The van der Waals surface area contributed by atoms with E-state index in [0.717, 1.165) is 30.9 Å². The van der Waals surface area contributed by atoms with Crippen molar-refractivity contribution in [1.82, 2.24) is 10.3 Å². The molecule has 1 fully saturated rings. The van der Waals surface area contributed by atoms with E-state index in [4.69, 9.17) is 0 Å². The molecule has 0 aliphatic carbocycles. The molecule has 1 aliphatic heterocycles. The summed E-state index contributed by atoms with van der Waals surface area (Å²) in [5.41, 5.74) is 1.61. The first-order valence-corrected chi connectivity index (χ1v) is 8.32. The molecule has 1 amide bonds. The van der Waals surface area contributed by atoms with Crippen LogP contribution in [0.5, 0.6) is 0 Å². The molecule has 1 aliphatic rings. The molecule has 0 spiro atoms. The molecule has 0 radical (unpaired) electrons. The van der Waals surface area contributed by atoms with Crippen LogP contribution in [0.15, 0.2) is 42.6 Å². The third-order valence-electron chi connectivity index (χ3n) is 4.39. The van der Waals surface area contributed by atoms with Crippen LogP contribution in [-0.2, 0) is 11.2 Å². The zero-order valence-electron chi connectivity index (χ0n) is 13.8. The quantitative estimate of drug-likeness (QED) is 0.918. The lowest BCUT2D eigenvalue weighted by atomic mass is 10.1. The van der Waals surface area contributed by atoms with Gasteiger partial charge in [0.25, 0.3) is 0 Å². The van der Waals surface area contributed by atoms with E-state index in [1.54, 1.807) is 25.3 Å². The molecule has 1 N–H and O–H groups in total. The molecule has 0 saturated carbocycles. The van der Waals surface area contributed by atoms with E-state index >= 15 is 0 Å². The smallest absolute Gasteiger partial charge is 0.220 e. The number of benzene rings is 1. The number of rotatable bonds is 5. The third-order valence-corrected chi connectivity index (χ3v) is 4.39. The minimum Gasteiger partial charge on any atom is -0.354 e. The maximum atomic E-state index is 13.3. The number of nitrogens with one attached hydrogen (secondary N) is 1. The number of hydrogen-bond donors (Lipinski definition) is 1.